The Bertz CT molecular complexity index is 830. The molecule has 1 aromatic heterocycles. The molecule has 1 aliphatic carbocycles. The summed E-state index contributed by atoms with van der Waals surface area (Å²) in [6.07, 6.45) is 5.96. The minimum Gasteiger partial charge on any atom is -0.353 e. The van der Waals surface area contributed by atoms with E-state index in [-0.39, 0.29) is 30.0 Å². The van der Waals surface area contributed by atoms with Gasteiger partial charge in [0.25, 0.3) is 5.91 Å². The number of hydrogen-bond acceptors (Lipinski definition) is 3. The van der Waals surface area contributed by atoms with Gasteiger partial charge in [0.15, 0.2) is 0 Å². The molecule has 1 heterocycles. The summed E-state index contributed by atoms with van der Waals surface area (Å²) in [5, 5.41) is 5.79. The second kappa shape index (κ2) is 7.55. The highest BCUT2D eigenvalue weighted by atomic mass is 16.2. The number of aromatic amines is 1. The van der Waals surface area contributed by atoms with Crippen LogP contribution in [0.15, 0.2) is 23.0 Å². The Morgan fingerprint density at radius 3 is 2.76 bits per heavy atom. The van der Waals surface area contributed by atoms with Crippen LogP contribution in [0.4, 0.5) is 0 Å². The fraction of sp³-hybridized carbons (Fsp3) is 0.500. The Morgan fingerprint density at radius 1 is 1.24 bits per heavy atom. The third-order valence-electron chi connectivity index (χ3n) is 4.77. The van der Waals surface area contributed by atoms with Crippen LogP contribution in [0.3, 0.4) is 0 Å². The summed E-state index contributed by atoms with van der Waals surface area (Å²) in [7, 11) is 1.67. The van der Waals surface area contributed by atoms with E-state index in [1.807, 2.05) is 0 Å². The first-order chi connectivity index (χ1) is 12.0. The maximum absolute atomic E-state index is 12.2. The standard InChI is InChI=1S/C18H24N4O3/c1-22-15-8-7-12(11-14(15)21-18(22)25)17(24)19-10-9-16(23)20-13-5-3-2-4-6-13/h7-8,11,13H,2-6,9-10H2,1H3,(H,19,24)(H,20,23)(H,21,25). The normalized spacial score (nSPS) is 15.2. The molecule has 7 heteroatoms. The summed E-state index contributed by atoms with van der Waals surface area (Å²) in [5.74, 6) is -0.271. The molecule has 0 spiro atoms. The lowest BCUT2D eigenvalue weighted by Gasteiger charge is -2.22. The predicted molar refractivity (Wildman–Crippen MR) is 95.5 cm³/mol. The highest BCUT2D eigenvalue weighted by Crippen LogP contribution is 2.17. The first-order valence-electron chi connectivity index (χ1n) is 8.81. The summed E-state index contributed by atoms with van der Waals surface area (Å²) in [6, 6.07) is 5.34. The number of imidazole rings is 1. The Labute approximate surface area is 145 Å². The van der Waals surface area contributed by atoms with E-state index in [2.05, 4.69) is 15.6 Å². The van der Waals surface area contributed by atoms with Gasteiger partial charge in [0.1, 0.15) is 0 Å². The highest BCUT2D eigenvalue weighted by Gasteiger charge is 2.16. The minimum atomic E-state index is -0.253. The maximum atomic E-state index is 12.2. The lowest BCUT2D eigenvalue weighted by molar-refractivity contribution is -0.121. The van der Waals surface area contributed by atoms with Crippen LogP contribution in [0.1, 0.15) is 48.9 Å². The maximum Gasteiger partial charge on any atom is 0.326 e. The molecule has 1 saturated carbocycles. The Morgan fingerprint density at radius 2 is 2.00 bits per heavy atom. The van der Waals surface area contributed by atoms with Crippen molar-refractivity contribution in [3.63, 3.8) is 0 Å². The molecule has 0 radical (unpaired) electrons. The number of benzene rings is 1. The molecule has 1 fully saturated rings. The van der Waals surface area contributed by atoms with E-state index in [1.165, 1.54) is 23.8 Å². The Hall–Kier alpha value is -2.57. The number of hydrogen-bond donors (Lipinski definition) is 3. The Balaban J connectivity index is 1.50. The molecule has 0 aliphatic heterocycles. The van der Waals surface area contributed by atoms with Crippen molar-refractivity contribution in [3.05, 3.63) is 34.2 Å². The molecule has 2 aromatic rings. The topological polar surface area (TPSA) is 96.0 Å². The van der Waals surface area contributed by atoms with E-state index in [9.17, 15) is 14.4 Å². The largest absolute Gasteiger partial charge is 0.353 e. The minimum absolute atomic E-state index is 0.0185. The number of rotatable bonds is 5. The number of carbonyl (C=O) groups is 2. The monoisotopic (exact) mass is 344 g/mol. The molecular weight excluding hydrogens is 320 g/mol. The van der Waals surface area contributed by atoms with Crippen molar-refractivity contribution in [1.29, 1.82) is 0 Å². The molecule has 134 valence electrons. The molecule has 1 aliphatic rings. The number of fused-ring (bicyclic) bond motifs is 1. The van der Waals surface area contributed by atoms with Gasteiger partial charge in [-0.3, -0.25) is 14.2 Å². The van der Waals surface area contributed by atoms with Crippen LogP contribution in [0, 0.1) is 0 Å². The molecule has 0 bridgehead atoms. The van der Waals surface area contributed by atoms with Gasteiger partial charge in [0.05, 0.1) is 11.0 Å². The van der Waals surface area contributed by atoms with Crippen LogP contribution < -0.4 is 16.3 Å². The van der Waals surface area contributed by atoms with Crippen molar-refractivity contribution in [2.45, 2.75) is 44.6 Å². The molecule has 25 heavy (non-hydrogen) atoms. The van der Waals surface area contributed by atoms with Crippen molar-refractivity contribution < 1.29 is 9.59 Å². The van der Waals surface area contributed by atoms with Crippen LogP contribution in [-0.2, 0) is 11.8 Å². The van der Waals surface area contributed by atoms with Crippen molar-refractivity contribution in [3.8, 4) is 0 Å². The smallest absolute Gasteiger partial charge is 0.326 e. The van der Waals surface area contributed by atoms with Gasteiger partial charge >= 0.3 is 5.69 Å². The number of H-pyrrole nitrogens is 1. The van der Waals surface area contributed by atoms with Gasteiger partial charge in [-0.05, 0) is 31.0 Å². The van der Waals surface area contributed by atoms with Gasteiger partial charge in [-0.15, -0.1) is 0 Å². The van der Waals surface area contributed by atoms with E-state index in [1.54, 1.807) is 25.2 Å². The summed E-state index contributed by atoms with van der Waals surface area (Å²) < 4.78 is 1.49. The third kappa shape index (κ3) is 4.10. The number of nitrogens with zero attached hydrogens (tertiary/aromatic N) is 1. The Kier molecular flexibility index (Phi) is 5.21. The first-order valence-corrected chi connectivity index (χ1v) is 8.81. The predicted octanol–water partition coefficient (Wildman–Crippen LogP) is 1.44. The lowest BCUT2D eigenvalue weighted by Crippen LogP contribution is -2.38. The van der Waals surface area contributed by atoms with Crippen molar-refractivity contribution in [2.24, 2.45) is 7.05 Å². The molecule has 3 rings (SSSR count). The fourth-order valence-corrected chi connectivity index (χ4v) is 3.32. The average molecular weight is 344 g/mol. The first kappa shape index (κ1) is 17.3. The number of amides is 2. The van der Waals surface area contributed by atoms with Gasteiger partial charge in [-0.25, -0.2) is 4.79 Å². The zero-order valence-electron chi connectivity index (χ0n) is 14.4. The van der Waals surface area contributed by atoms with Crippen molar-refractivity contribution in [1.82, 2.24) is 20.2 Å². The molecule has 0 saturated heterocycles. The fourth-order valence-electron chi connectivity index (χ4n) is 3.32. The zero-order valence-corrected chi connectivity index (χ0v) is 14.4. The van der Waals surface area contributed by atoms with E-state index >= 15 is 0 Å². The molecular formula is C18H24N4O3. The second-order valence-electron chi connectivity index (χ2n) is 6.63. The summed E-state index contributed by atoms with van der Waals surface area (Å²) >= 11 is 0. The molecule has 0 atom stereocenters. The SMILES string of the molecule is Cn1c(=O)[nH]c2cc(C(=O)NCCC(=O)NC3CCCCC3)ccc21. The van der Waals surface area contributed by atoms with E-state index in [0.29, 0.717) is 17.6 Å². The average Bonchev–Trinajstić information content (AvgIpc) is 2.89. The van der Waals surface area contributed by atoms with Crippen molar-refractivity contribution >= 4 is 22.8 Å². The second-order valence-corrected chi connectivity index (χ2v) is 6.63. The number of aryl methyl sites for hydroxylation is 1. The summed E-state index contributed by atoms with van der Waals surface area (Å²) in [5.41, 5.74) is 1.61. The van der Waals surface area contributed by atoms with E-state index in [4.69, 9.17) is 0 Å². The number of nitrogens with one attached hydrogen (secondary N) is 3. The van der Waals surface area contributed by atoms with Gasteiger partial charge in [-0.2, -0.15) is 0 Å². The molecule has 0 unspecified atom stereocenters. The van der Waals surface area contributed by atoms with Crippen LogP contribution >= 0.6 is 0 Å². The van der Waals surface area contributed by atoms with Crippen molar-refractivity contribution in [2.75, 3.05) is 6.54 Å². The summed E-state index contributed by atoms with van der Waals surface area (Å²) in [6.45, 7) is 0.292. The van der Waals surface area contributed by atoms with E-state index in [0.717, 1.165) is 18.4 Å². The van der Waals surface area contributed by atoms with Gasteiger partial charge in [-0.1, -0.05) is 19.3 Å². The van der Waals surface area contributed by atoms with Gasteiger partial charge in [0.2, 0.25) is 5.91 Å². The van der Waals surface area contributed by atoms with Gasteiger partial charge in [0, 0.05) is 31.6 Å². The van der Waals surface area contributed by atoms with Gasteiger partial charge < -0.3 is 15.6 Å². The highest BCUT2D eigenvalue weighted by molar-refractivity contribution is 5.97. The van der Waals surface area contributed by atoms with Crippen LogP contribution in [0.25, 0.3) is 11.0 Å². The lowest BCUT2D eigenvalue weighted by atomic mass is 9.95. The molecule has 1 aromatic carbocycles. The molecule has 3 N–H and O–H groups in total. The number of aromatic nitrogens is 2. The van der Waals surface area contributed by atoms with E-state index < -0.39 is 0 Å². The zero-order chi connectivity index (χ0) is 17.8. The van der Waals surface area contributed by atoms with Crippen LogP contribution in [0.5, 0.6) is 0 Å². The molecule has 7 nitrogen and oxygen atoms in total. The summed E-state index contributed by atoms with van der Waals surface area (Å²) in [4.78, 5) is 38.4. The van der Waals surface area contributed by atoms with Crippen LogP contribution in [-0.4, -0.2) is 34.0 Å². The third-order valence-corrected chi connectivity index (χ3v) is 4.77. The quantitative estimate of drug-likeness (QED) is 0.766. The number of carbonyl (C=O) groups excluding carboxylic acids is 2. The van der Waals surface area contributed by atoms with Crippen LogP contribution in [0.2, 0.25) is 0 Å². The molecule has 2 amide bonds.